The maximum Gasteiger partial charge on any atom is 0.239 e. The number of aryl methyl sites for hydroxylation is 1. The molecule has 2 amide bonds. The van der Waals surface area contributed by atoms with Gasteiger partial charge in [0, 0.05) is 29.4 Å². The molecule has 4 aromatic rings. The molecule has 8 nitrogen and oxygen atoms in total. The highest BCUT2D eigenvalue weighted by Crippen LogP contribution is 2.39. The first-order chi connectivity index (χ1) is 19.0. The molecule has 0 aliphatic carbocycles. The van der Waals surface area contributed by atoms with Gasteiger partial charge in [0.2, 0.25) is 23.4 Å². The first kappa shape index (κ1) is 28.2. The van der Waals surface area contributed by atoms with Gasteiger partial charge in [-0.3, -0.25) is 14.6 Å². The number of ether oxygens (including phenoxy) is 3. The number of halogens is 3. The second-order valence-corrected chi connectivity index (χ2v) is 9.40. The third kappa shape index (κ3) is 5.49. The van der Waals surface area contributed by atoms with Crippen molar-refractivity contribution in [1.82, 2.24) is 4.98 Å². The van der Waals surface area contributed by atoms with E-state index < -0.39 is 46.1 Å². The SMILES string of the molecule is COc1cc2nccc(Oc3c(F)cc(NC(=O)C(C)(C)C(=O)Nc4ccc(C)cc4)c(F)c3F)c2cc1OC. The van der Waals surface area contributed by atoms with Crippen LogP contribution in [0.15, 0.2) is 54.7 Å². The van der Waals surface area contributed by atoms with Gasteiger partial charge in [-0.2, -0.15) is 4.39 Å². The van der Waals surface area contributed by atoms with E-state index in [1.165, 1.54) is 46.4 Å². The van der Waals surface area contributed by atoms with Crippen molar-refractivity contribution in [3.05, 3.63) is 77.7 Å². The van der Waals surface area contributed by atoms with Gasteiger partial charge in [0.05, 0.1) is 25.4 Å². The number of carbonyl (C=O) groups excluding carboxylic acids is 2. The van der Waals surface area contributed by atoms with Crippen LogP contribution in [-0.4, -0.2) is 31.0 Å². The van der Waals surface area contributed by atoms with Crippen LogP contribution in [0.1, 0.15) is 19.4 Å². The Labute approximate surface area is 228 Å². The fourth-order valence-electron chi connectivity index (χ4n) is 3.72. The number of amides is 2. The van der Waals surface area contributed by atoms with E-state index in [9.17, 15) is 9.59 Å². The largest absolute Gasteiger partial charge is 0.493 e. The number of benzene rings is 3. The highest BCUT2D eigenvalue weighted by atomic mass is 19.2. The monoisotopic (exact) mass is 553 g/mol. The average molecular weight is 554 g/mol. The Morgan fingerprint density at radius 3 is 2.10 bits per heavy atom. The van der Waals surface area contributed by atoms with E-state index in [0.717, 1.165) is 5.56 Å². The lowest BCUT2D eigenvalue weighted by Gasteiger charge is -2.23. The lowest BCUT2D eigenvalue weighted by molar-refractivity contribution is -0.135. The van der Waals surface area contributed by atoms with Crippen molar-refractivity contribution in [3.63, 3.8) is 0 Å². The summed E-state index contributed by atoms with van der Waals surface area (Å²) in [5.74, 6) is -6.61. The van der Waals surface area contributed by atoms with Gasteiger partial charge in [0.15, 0.2) is 23.1 Å². The molecule has 0 aliphatic rings. The number of nitrogens with zero attached hydrogens (tertiary/aromatic N) is 1. The number of anilines is 2. The minimum Gasteiger partial charge on any atom is -0.493 e. The molecule has 0 bridgehead atoms. The summed E-state index contributed by atoms with van der Waals surface area (Å²) < 4.78 is 61.1. The fourth-order valence-corrected chi connectivity index (χ4v) is 3.72. The smallest absolute Gasteiger partial charge is 0.239 e. The van der Waals surface area contributed by atoms with Gasteiger partial charge in [-0.05, 0) is 45.0 Å². The van der Waals surface area contributed by atoms with E-state index >= 15 is 13.2 Å². The Balaban J connectivity index is 1.59. The highest BCUT2D eigenvalue weighted by Gasteiger charge is 2.37. The zero-order chi connectivity index (χ0) is 29.2. The minimum atomic E-state index is -1.73. The molecule has 3 aromatic carbocycles. The number of methoxy groups -OCH3 is 2. The number of carbonyl (C=O) groups is 2. The number of hydrogen-bond acceptors (Lipinski definition) is 6. The summed E-state index contributed by atoms with van der Waals surface area (Å²) in [6.45, 7) is 4.47. The number of aromatic nitrogens is 1. The van der Waals surface area contributed by atoms with Crippen LogP contribution in [0.3, 0.4) is 0 Å². The summed E-state index contributed by atoms with van der Waals surface area (Å²) in [6.07, 6.45) is 1.34. The van der Waals surface area contributed by atoms with Crippen molar-refractivity contribution in [1.29, 1.82) is 0 Å². The topological polar surface area (TPSA) is 98.8 Å². The molecule has 0 saturated carbocycles. The van der Waals surface area contributed by atoms with Gasteiger partial charge >= 0.3 is 0 Å². The summed E-state index contributed by atoms with van der Waals surface area (Å²) in [4.78, 5) is 29.8. The van der Waals surface area contributed by atoms with Crippen molar-refractivity contribution in [2.24, 2.45) is 5.41 Å². The van der Waals surface area contributed by atoms with Crippen LogP contribution in [0.4, 0.5) is 24.5 Å². The zero-order valence-corrected chi connectivity index (χ0v) is 22.3. The van der Waals surface area contributed by atoms with Crippen LogP contribution in [0.5, 0.6) is 23.0 Å². The maximum absolute atomic E-state index is 15.1. The van der Waals surface area contributed by atoms with Crippen LogP contribution in [0.2, 0.25) is 0 Å². The van der Waals surface area contributed by atoms with E-state index in [-0.39, 0.29) is 5.75 Å². The van der Waals surface area contributed by atoms with Gasteiger partial charge < -0.3 is 24.8 Å². The molecule has 0 unspecified atom stereocenters. The summed E-state index contributed by atoms with van der Waals surface area (Å²) in [5.41, 5.74) is -0.740. The summed E-state index contributed by atoms with van der Waals surface area (Å²) in [7, 11) is 2.85. The molecule has 0 spiro atoms. The molecular weight excluding hydrogens is 527 g/mol. The summed E-state index contributed by atoms with van der Waals surface area (Å²) >= 11 is 0. The molecule has 0 atom stereocenters. The average Bonchev–Trinajstić information content (AvgIpc) is 2.94. The quantitative estimate of drug-likeness (QED) is 0.194. The lowest BCUT2D eigenvalue weighted by Crippen LogP contribution is -2.41. The van der Waals surface area contributed by atoms with E-state index in [0.29, 0.717) is 34.2 Å². The molecule has 4 rings (SSSR count). The molecule has 0 saturated heterocycles. The standard InChI is InChI=1S/C29H26F3N3O5/c1-15-6-8-16(9-7-15)34-27(36)29(2,3)28(37)35-20-13-18(30)26(25(32)24(20)31)40-21-10-11-33-19-14-23(39-5)22(38-4)12-17(19)21/h6-14H,1-5H3,(H,34,36)(H,35,37). The Kier molecular flexibility index (Phi) is 7.85. The van der Waals surface area contributed by atoms with Crippen LogP contribution >= 0.6 is 0 Å². The first-order valence-electron chi connectivity index (χ1n) is 12.0. The molecule has 0 radical (unpaired) electrons. The molecular formula is C29H26F3N3O5. The van der Waals surface area contributed by atoms with Gasteiger partial charge in [-0.25, -0.2) is 8.78 Å². The molecule has 1 aromatic heterocycles. The van der Waals surface area contributed by atoms with Crippen molar-refractivity contribution >= 4 is 34.1 Å². The maximum atomic E-state index is 15.1. The lowest BCUT2D eigenvalue weighted by atomic mass is 9.90. The van der Waals surface area contributed by atoms with Gasteiger partial charge in [0.25, 0.3) is 0 Å². The van der Waals surface area contributed by atoms with Gasteiger partial charge in [-0.1, -0.05) is 17.7 Å². The van der Waals surface area contributed by atoms with Crippen molar-refractivity contribution in [2.75, 3.05) is 24.9 Å². The van der Waals surface area contributed by atoms with Gasteiger partial charge in [0.1, 0.15) is 11.2 Å². The highest BCUT2D eigenvalue weighted by molar-refractivity contribution is 6.14. The van der Waals surface area contributed by atoms with Crippen molar-refractivity contribution < 1.29 is 37.0 Å². The molecule has 2 N–H and O–H groups in total. The second kappa shape index (κ2) is 11.1. The Morgan fingerprint density at radius 1 is 0.825 bits per heavy atom. The number of pyridine rings is 1. The summed E-state index contributed by atoms with van der Waals surface area (Å²) in [6, 6.07) is 11.8. The zero-order valence-electron chi connectivity index (χ0n) is 22.3. The predicted octanol–water partition coefficient (Wildman–Crippen LogP) is 6.37. The van der Waals surface area contributed by atoms with E-state index in [1.807, 2.05) is 6.92 Å². The molecule has 208 valence electrons. The Bertz CT molecular complexity index is 1610. The van der Waals surface area contributed by atoms with E-state index in [4.69, 9.17) is 14.2 Å². The molecule has 1 heterocycles. The van der Waals surface area contributed by atoms with E-state index in [2.05, 4.69) is 15.6 Å². The Hall–Kier alpha value is -4.80. The number of rotatable bonds is 8. The molecule has 0 fully saturated rings. The third-order valence-electron chi connectivity index (χ3n) is 6.23. The second-order valence-electron chi connectivity index (χ2n) is 9.40. The van der Waals surface area contributed by atoms with Crippen molar-refractivity contribution in [2.45, 2.75) is 20.8 Å². The predicted molar refractivity (Wildman–Crippen MR) is 143 cm³/mol. The summed E-state index contributed by atoms with van der Waals surface area (Å²) in [5, 5.41) is 5.02. The molecule has 11 heteroatoms. The van der Waals surface area contributed by atoms with E-state index in [1.54, 1.807) is 30.3 Å². The number of fused-ring (bicyclic) bond motifs is 1. The van der Waals surface area contributed by atoms with Crippen LogP contribution in [-0.2, 0) is 9.59 Å². The number of hydrogen-bond donors (Lipinski definition) is 2. The molecule has 40 heavy (non-hydrogen) atoms. The third-order valence-corrected chi connectivity index (χ3v) is 6.23. The van der Waals surface area contributed by atoms with Crippen LogP contribution in [0.25, 0.3) is 10.9 Å². The van der Waals surface area contributed by atoms with Crippen LogP contribution in [0, 0.1) is 29.8 Å². The first-order valence-corrected chi connectivity index (χ1v) is 12.0. The Morgan fingerprint density at radius 2 is 1.45 bits per heavy atom. The number of nitrogens with one attached hydrogen (secondary N) is 2. The van der Waals surface area contributed by atoms with Crippen molar-refractivity contribution in [3.8, 4) is 23.0 Å². The normalized spacial score (nSPS) is 11.2. The van der Waals surface area contributed by atoms with Crippen LogP contribution < -0.4 is 24.8 Å². The fraction of sp³-hybridized carbons (Fsp3) is 0.207. The van der Waals surface area contributed by atoms with Gasteiger partial charge in [-0.15, -0.1) is 0 Å². The minimum absolute atomic E-state index is 0.0335. The molecule has 0 aliphatic heterocycles.